The van der Waals surface area contributed by atoms with Gasteiger partial charge in [0.15, 0.2) is 0 Å². The lowest BCUT2D eigenvalue weighted by atomic mass is 10.0. The Hall–Kier alpha value is -2.62. The zero-order chi connectivity index (χ0) is 17.7. The van der Waals surface area contributed by atoms with E-state index in [1.54, 1.807) is 0 Å². The third kappa shape index (κ3) is 4.22. The van der Waals surface area contributed by atoms with Crippen molar-refractivity contribution in [1.29, 1.82) is 0 Å². The molecule has 1 N–H and O–H groups in total. The number of esters is 1. The Morgan fingerprint density at radius 1 is 1.00 bits per heavy atom. The molecule has 126 valence electrons. The van der Waals surface area contributed by atoms with E-state index in [2.05, 4.69) is 5.32 Å². The summed E-state index contributed by atoms with van der Waals surface area (Å²) in [5.41, 5.74) is 4.49. The summed E-state index contributed by atoms with van der Waals surface area (Å²) in [5.74, 6) is -0.705. The predicted molar refractivity (Wildman–Crippen MR) is 94.1 cm³/mol. The second-order valence-electron chi connectivity index (χ2n) is 6.01. The molecule has 1 atom stereocenters. The first-order valence-corrected chi connectivity index (χ1v) is 7.93. The topological polar surface area (TPSA) is 55.4 Å². The molecule has 4 nitrogen and oxygen atoms in total. The number of ether oxygens (including phenoxy) is 1. The first-order valence-electron chi connectivity index (χ1n) is 7.93. The van der Waals surface area contributed by atoms with E-state index in [1.165, 1.54) is 7.11 Å². The van der Waals surface area contributed by atoms with Crippen LogP contribution < -0.4 is 5.32 Å². The van der Waals surface area contributed by atoms with Crippen molar-refractivity contribution in [2.75, 3.05) is 7.11 Å². The van der Waals surface area contributed by atoms with Gasteiger partial charge < -0.3 is 10.1 Å². The summed E-state index contributed by atoms with van der Waals surface area (Å²) in [6.45, 7) is 5.77. The Kier molecular flexibility index (Phi) is 5.74. The molecule has 0 radical (unpaired) electrons. The summed E-state index contributed by atoms with van der Waals surface area (Å²) in [6, 6.07) is 12.8. The summed E-state index contributed by atoms with van der Waals surface area (Å²) in [5, 5.41) is 2.82. The highest BCUT2D eigenvalue weighted by Gasteiger charge is 2.24. The minimum Gasteiger partial charge on any atom is -0.467 e. The number of nitrogens with one attached hydrogen (secondary N) is 1. The van der Waals surface area contributed by atoms with Gasteiger partial charge in [0.1, 0.15) is 6.04 Å². The van der Waals surface area contributed by atoms with Gasteiger partial charge in [-0.15, -0.1) is 0 Å². The summed E-state index contributed by atoms with van der Waals surface area (Å²) >= 11 is 0. The number of rotatable bonds is 5. The molecule has 0 aromatic heterocycles. The zero-order valence-corrected chi connectivity index (χ0v) is 14.6. The summed E-state index contributed by atoms with van der Waals surface area (Å²) < 4.78 is 4.85. The Labute approximate surface area is 142 Å². The fourth-order valence-electron chi connectivity index (χ4n) is 2.70. The van der Waals surface area contributed by atoms with Gasteiger partial charge in [0, 0.05) is 12.0 Å². The Morgan fingerprint density at radius 2 is 1.58 bits per heavy atom. The molecule has 0 aliphatic rings. The van der Waals surface area contributed by atoms with Crippen LogP contribution in [0.25, 0.3) is 0 Å². The highest BCUT2D eigenvalue weighted by molar-refractivity contribution is 5.99. The largest absolute Gasteiger partial charge is 0.467 e. The van der Waals surface area contributed by atoms with Gasteiger partial charge in [-0.2, -0.15) is 0 Å². The SMILES string of the molecule is COC(=O)C(Cc1ccc(C)cc1)NC(=O)c1c(C)cccc1C. The molecule has 0 spiro atoms. The van der Waals surface area contributed by atoms with Crippen LogP contribution in [-0.4, -0.2) is 25.0 Å². The summed E-state index contributed by atoms with van der Waals surface area (Å²) in [4.78, 5) is 24.7. The average molecular weight is 325 g/mol. The van der Waals surface area contributed by atoms with E-state index in [1.807, 2.05) is 63.2 Å². The van der Waals surface area contributed by atoms with Crippen LogP contribution in [0.1, 0.15) is 32.6 Å². The fraction of sp³-hybridized carbons (Fsp3) is 0.300. The molecule has 0 bridgehead atoms. The maximum atomic E-state index is 12.6. The van der Waals surface area contributed by atoms with Gasteiger partial charge in [-0.3, -0.25) is 4.79 Å². The Morgan fingerprint density at radius 3 is 2.12 bits per heavy atom. The van der Waals surface area contributed by atoms with Crippen molar-refractivity contribution in [1.82, 2.24) is 5.32 Å². The van der Waals surface area contributed by atoms with Crippen molar-refractivity contribution in [2.45, 2.75) is 33.2 Å². The van der Waals surface area contributed by atoms with E-state index >= 15 is 0 Å². The molecule has 4 heteroatoms. The second kappa shape index (κ2) is 7.77. The van der Waals surface area contributed by atoms with Crippen molar-refractivity contribution in [3.63, 3.8) is 0 Å². The lowest BCUT2D eigenvalue weighted by molar-refractivity contribution is -0.142. The van der Waals surface area contributed by atoms with Crippen LogP contribution in [0, 0.1) is 20.8 Å². The van der Waals surface area contributed by atoms with Crippen LogP contribution in [-0.2, 0) is 16.0 Å². The minimum absolute atomic E-state index is 0.256. The highest BCUT2D eigenvalue weighted by Crippen LogP contribution is 2.14. The number of hydrogen-bond donors (Lipinski definition) is 1. The van der Waals surface area contributed by atoms with Crippen LogP contribution in [0.2, 0.25) is 0 Å². The van der Waals surface area contributed by atoms with Crippen molar-refractivity contribution in [2.24, 2.45) is 0 Å². The van der Waals surface area contributed by atoms with E-state index in [4.69, 9.17) is 4.74 Å². The van der Waals surface area contributed by atoms with E-state index < -0.39 is 12.0 Å². The van der Waals surface area contributed by atoms with E-state index in [0.29, 0.717) is 12.0 Å². The van der Waals surface area contributed by atoms with Gasteiger partial charge in [-0.05, 0) is 37.5 Å². The molecule has 2 aromatic rings. The van der Waals surface area contributed by atoms with Gasteiger partial charge in [0.25, 0.3) is 5.91 Å². The minimum atomic E-state index is -0.718. The predicted octanol–water partition coefficient (Wildman–Crippen LogP) is 3.13. The molecule has 2 aromatic carbocycles. The van der Waals surface area contributed by atoms with Gasteiger partial charge in [0.2, 0.25) is 0 Å². The second-order valence-corrected chi connectivity index (χ2v) is 6.01. The molecule has 1 unspecified atom stereocenters. The number of hydrogen-bond acceptors (Lipinski definition) is 3. The van der Waals surface area contributed by atoms with Gasteiger partial charge in [0.05, 0.1) is 7.11 Å². The summed E-state index contributed by atoms with van der Waals surface area (Å²) in [6.07, 6.45) is 0.392. The van der Waals surface area contributed by atoms with Gasteiger partial charge in [-0.1, -0.05) is 48.0 Å². The lowest BCUT2D eigenvalue weighted by Gasteiger charge is -2.18. The Bertz CT molecular complexity index is 715. The molecule has 0 saturated heterocycles. The summed E-state index contributed by atoms with van der Waals surface area (Å²) in [7, 11) is 1.33. The van der Waals surface area contributed by atoms with Gasteiger partial charge in [-0.25, -0.2) is 4.79 Å². The number of aryl methyl sites for hydroxylation is 3. The van der Waals surface area contributed by atoms with Crippen molar-refractivity contribution in [3.05, 3.63) is 70.3 Å². The maximum absolute atomic E-state index is 12.6. The van der Waals surface area contributed by atoms with Crippen LogP contribution in [0.3, 0.4) is 0 Å². The molecule has 1 amide bonds. The first kappa shape index (κ1) is 17.7. The molecule has 0 saturated carbocycles. The number of amides is 1. The highest BCUT2D eigenvalue weighted by atomic mass is 16.5. The maximum Gasteiger partial charge on any atom is 0.328 e. The molecule has 0 fully saturated rings. The monoisotopic (exact) mass is 325 g/mol. The van der Waals surface area contributed by atoms with Crippen LogP contribution in [0.4, 0.5) is 0 Å². The van der Waals surface area contributed by atoms with E-state index in [0.717, 1.165) is 22.3 Å². The number of carbonyl (C=O) groups is 2. The standard InChI is InChI=1S/C20H23NO3/c1-13-8-10-16(11-9-13)12-17(20(23)24-4)21-19(22)18-14(2)6-5-7-15(18)3/h5-11,17H,12H2,1-4H3,(H,21,22). The van der Waals surface area contributed by atoms with Gasteiger partial charge >= 0.3 is 5.97 Å². The first-order chi connectivity index (χ1) is 11.4. The van der Waals surface area contributed by atoms with Crippen molar-refractivity contribution in [3.8, 4) is 0 Å². The fourth-order valence-corrected chi connectivity index (χ4v) is 2.70. The number of benzene rings is 2. The molecular formula is C20H23NO3. The van der Waals surface area contributed by atoms with Crippen LogP contribution in [0.15, 0.2) is 42.5 Å². The molecule has 24 heavy (non-hydrogen) atoms. The molecule has 2 rings (SSSR count). The van der Waals surface area contributed by atoms with E-state index in [9.17, 15) is 9.59 Å². The number of carbonyl (C=O) groups excluding carboxylic acids is 2. The molecule has 0 heterocycles. The lowest BCUT2D eigenvalue weighted by Crippen LogP contribution is -2.43. The normalized spacial score (nSPS) is 11.7. The average Bonchev–Trinajstić information content (AvgIpc) is 2.55. The van der Waals surface area contributed by atoms with Crippen molar-refractivity contribution < 1.29 is 14.3 Å². The third-order valence-corrected chi connectivity index (χ3v) is 4.06. The number of methoxy groups -OCH3 is 1. The van der Waals surface area contributed by atoms with E-state index in [-0.39, 0.29) is 5.91 Å². The zero-order valence-electron chi connectivity index (χ0n) is 14.6. The smallest absolute Gasteiger partial charge is 0.328 e. The van der Waals surface area contributed by atoms with Crippen LogP contribution >= 0.6 is 0 Å². The third-order valence-electron chi connectivity index (χ3n) is 4.06. The molecular weight excluding hydrogens is 302 g/mol. The van der Waals surface area contributed by atoms with Crippen LogP contribution in [0.5, 0.6) is 0 Å². The quantitative estimate of drug-likeness (QED) is 0.859. The molecule has 0 aliphatic carbocycles. The molecule has 0 aliphatic heterocycles. The Balaban J connectivity index is 2.21. The van der Waals surface area contributed by atoms with Crippen molar-refractivity contribution >= 4 is 11.9 Å².